The average molecular weight is 403 g/mol. The van der Waals surface area contributed by atoms with E-state index in [4.69, 9.17) is 21.1 Å². The average Bonchev–Trinajstić information content (AvgIpc) is 2.94. The van der Waals surface area contributed by atoms with Crippen molar-refractivity contribution in [1.82, 2.24) is 4.90 Å². The monoisotopic (exact) mass is 402 g/mol. The zero-order valence-corrected chi connectivity index (χ0v) is 16.2. The molecule has 7 nitrogen and oxygen atoms in total. The molecule has 0 bridgehead atoms. The molecule has 0 spiro atoms. The predicted octanol–water partition coefficient (Wildman–Crippen LogP) is 3.37. The zero-order valence-electron chi connectivity index (χ0n) is 15.5. The topological polar surface area (TPSA) is 84.9 Å². The van der Waals surface area contributed by atoms with Gasteiger partial charge < -0.3 is 14.8 Å². The molecule has 0 atom stereocenters. The highest BCUT2D eigenvalue weighted by atomic mass is 35.5. The number of fused-ring (bicyclic) bond motifs is 1. The maximum absolute atomic E-state index is 12.3. The number of ether oxygens (including phenoxy) is 2. The first-order valence-electron chi connectivity index (χ1n) is 8.63. The highest BCUT2D eigenvalue weighted by Crippen LogP contribution is 2.36. The van der Waals surface area contributed by atoms with Gasteiger partial charge in [0, 0.05) is 25.1 Å². The Hall–Kier alpha value is -3.06. The van der Waals surface area contributed by atoms with Crippen LogP contribution in [-0.4, -0.2) is 43.4 Å². The number of nitrogens with one attached hydrogen (secondary N) is 1. The summed E-state index contributed by atoms with van der Waals surface area (Å²) in [6.45, 7) is 0.168. The Balaban J connectivity index is 1.59. The van der Waals surface area contributed by atoms with E-state index in [1.165, 1.54) is 19.1 Å². The maximum atomic E-state index is 12.3. The van der Waals surface area contributed by atoms with Crippen LogP contribution >= 0.6 is 11.6 Å². The van der Waals surface area contributed by atoms with Crippen molar-refractivity contribution in [3.63, 3.8) is 0 Å². The van der Waals surface area contributed by atoms with Crippen LogP contribution in [0.4, 0.5) is 5.69 Å². The smallest absolute Gasteiger partial charge is 0.261 e. The normalized spacial score (nSPS) is 12.8. The first-order chi connectivity index (χ1) is 13.5. The number of anilines is 1. The van der Waals surface area contributed by atoms with Gasteiger partial charge in [0.05, 0.1) is 36.1 Å². The van der Waals surface area contributed by atoms with Crippen LogP contribution in [0.5, 0.6) is 11.5 Å². The number of nitrogens with zero attached hydrogens (tertiary/aromatic N) is 1. The second-order valence-electron chi connectivity index (χ2n) is 6.15. The fraction of sp³-hybridized carbons (Fsp3) is 0.250. The van der Waals surface area contributed by atoms with Gasteiger partial charge in [0.2, 0.25) is 5.91 Å². The van der Waals surface area contributed by atoms with E-state index in [-0.39, 0.29) is 30.7 Å². The molecule has 1 aliphatic rings. The lowest BCUT2D eigenvalue weighted by Gasteiger charge is -2.15. The Morgan fingerprint density at radius 1 is 1.04 bits per heavy atom. The molecule has 1 heterocycles. The summed E-state index contributed by atoms with van der Waals surface area (Å²) < 4.78 is 10.4. The molecule has 0 saturated carbocycles. The number of benzene rings is 2. The SMILES string of the molecule is COc1cc(NC(=O)CCCN2C(=O)c3ccccc3C2=O)c(OC)cc1Cl. The Kier molecular flexibility index (Phi) is 5.84. The van der Waals surface area contributed by atoms with Crippen molar-refractivity contribution >= 4 is 35.0 Å². The minimum absolute atomic E-state index is 0.126. The largest absolute Gasteiger partial charge is 0.495 e. The van der Waals surface area contributed by atoms with Crippen molar-refractivity contribution in [3.8, 4) is 11.5 Å². The molecule has 1 N–H and O–H groups in total. The van der Waals surface area contributed by atoms with Crippen molar-refractivity contribution in [3.05, 3.63) is 52.5 Å². The number of methoxy groups -OCH3 is 2. The number of carbonyl (C=O) groups excluding carboxylic acids is 3. The van der Waals surface area contributed by atoms with Crippen LogP contribution in [0.15, 0.2) is 36.4 Å². The maximum Gasteiger partial charge on any atom is 0.261 e. The molecular weight excluding hydrogens is 384 g/mol. The quantitative estimate of drug-likeness (QED) is 0.718. The molecule has 0 aliphatic carbocycles. The van der Waals surface area contributed by atoms with Gasteiger partial charge in [-0.1, -0.05) is 23.7 Å². The molecule has 2 aromatic rings. The summed E-state index contributed by atoms with van der Waals surface area (Å²) >= 11 is 6.05. The van der Waals surface area contributed by atoms with Gasteiger partial charge >= 0.3 is 0 Å². The minimum Gasteiger partial charge on any atom is -0.495 e. The van der Waals surface area contributed by atoms with Gasteiger partial charge in [0.15, 0.2) is 0 Å². The Morgan fingerprint density at radius 2 is 1.64 bits per heavy atom. The van der Waals surface area contributed by atoms with E-state index in [2.05, 4.69) is 5.32 Å². The number of hydrogen-bond donors (Lipinski definition) is 1. The summed E-state index contributed by atoms with van der Waals surface area (Å²) in [6.07, 6.45) is 0.464. The third-order valence-electron chi connectivity index (χ3n) is 4.41. The van der Waals surface area contributed by atoms with Crippen LogP contribution in [0.2, 0.25) is 5.02 Å². The number of carbonyl (C=O) groups is 3. The van der Waals surface area contributed by atoms with Crippen molar-refractivity contribution in [2.75, 3.05) is 26.1 Å². The van der Waals surface area contributed by atoms with Gasteiger partial charge in [0.25, 0.3) is 11.8 Å². The molecule has 3 amide bonds. The van der Waals surface area contributed by atoms with E-state index in [1.54, 1.807) is 36.4 Å². The summed E-state index contributed by atoms with van der Waals surface area (Å²) in [4.78, 5) is 38.1. The fourth-order valence-electron chi connectivity index (χ4n) is 3.01. The Labute approximate surface area is 167 Å². The third-order valence-corrected chi connectivity index (χ3v) is 4.71. The molecule has 1 aliphatic heterocycles. The van der Waals surface area contributed by atoms with Crippen molar-refractivity contribution in [2.24, 2.45) is 0 Å². The molecule has 8 heteroatoms. The van der Waals surface area contributed by atoms with E-state index in [1.807, 2.05) is 0 Å². The highest BCUT2D eigenvalue weighted by Gasteiger charge is 2.34. The predicted molar refractivity (Wildman–Crippen MR) is 104 cm³/mol. The van der Waals surface area contributed by atoms with Crippen LogP contribution in [0.3, 0.4) is 0 Å². The first-order valence-corrected chi connectivity index (χ1v) is 9.00. The lowest BCUT2D eigenvalue weighted by Crippen LogP contribution is -2.31. The van der Waals surface area contributed by atoms with Crippen LogP contribution in [-0.2, 0) is 4.79 Å². The van der Waals surface area contributed by atoms with Crippen LogP contribution in [0, 0.1) is 0 Å². The summed E-state index contributed by atoms with van der Waals surface area (Å²) in [6, 6.07) is 9.81. The van der Waals surface area contributed by atoms with E-state index in [0.29, 0.717) is 39.8 Å². The number of hydrogen-bond acceptors (Lipinski definition) is 5. The lowest BCUT2D eigenvalue weighted by molar-refractivity contribution is -0.116. The van der Waals surface area contributed by atoms with Crippen molar-refractivity contribution < 1.29 is 23.9 Å². The van der Waals surface area contributed by atoms with Crippen molar-refractivity contribution in [1.29, 1.82) is 0 Å². The minimum atomic E-state index is -0.329. The van der Waals surface area contributed by atoms with Crippen LogP contribution < -0.4 is 14.8 Å². The van der Waals surface area contributed by atoms with E-state index in [9.17, 15) is 14.4 Å². The fourth-order valence-corrected chi connectivity index (χ4v) is 3.24. The van der Waals surface area contributed by atoms with Gasteiger partial charge in [-0.15, -0.1) is 0 Å². The molecule has 0 saturated heterocycles. The van der Waals surface area contributed by atoms with Gasteiger partial charge in [-0.05, 0) is 18.6 Å². The molecule has 0 fully saturated rings. The lowest BCUT2D eigenvalue weighted by atomic mass is 10.1. The molecule has 0 radical (unpaired) electrons. The second kappa shape index (κ2) is 8.31. The number of halogens is 1. The Bertz CT molecular complexity index is 909. The molecule has 3 rings (SSSR count). The summed E-state index contributed by atoms with van der Waals surface area (Å²) in [5.74, 6) is -0.127. The molecule has 0 unspecified atom stereocenters. The van der Waals surface area contributed by atoms with E-state index < -0.39 is 0 Å². The van der Waals surface area contributed by atoms with E-state index in [0.717, 1.165) is 0 Å². The Morgan fingerprint density at radius 3 is 2.21 bits per heavy atom. The van der Waals surface area contributed by atoms with Crippen LogP contribution in [0.25, 0.3) is 0 Å². The third kappa shape index (κ3) is 3.80. The molecule has 28 heavy (non-hydrogen) atoms. The second-order valence-corrected chi connectivity index (χ2v) is 6.55. The van der Waals surface area contributed by atoms with Gasteiger partial charge in [-0.2, -0.15) is 0 Å². The van der Waals surface area contributed by atoms with Crippen LogP contribution in [0.1, 0.15) is 33.6 Å². The summed E-state index contributed by atoms with van der Waals surface area (Å²) in [5.41, 5.74) is 1.22. The molecule has 0 aromatic heterocycles. The standard InChI is InChI=1S/C20H19ClN2O5/c1-27-16-11-15(17(28-2)10-14(16)21)22-18(24)8-5-9-23-19(25)12-6-3-4-7-13(12)20(23)26/h3-4,6-7,10-11H,5,8-9H2,1-2H3,(H,22,24). The van der Waals surface area contributed by atoms with Gasteiger partial charge in [-0.25, -0.2) is 0 Å². The van der Waals surface area contributed by atoms with Crippen molar-refractivity contribution in [2.45, 2.75) is 12.8 Å². The zero-order chi connectivity index (χ0) is 20.3. The molecule has 146 valence electrons. The molecule has 2 aromatic carbocycles. The van der Waals surface area contributed by atoms with E-state index >= 15 is 0 Å². The van der Waals surface area contributed by atoms with Gasteiger partial charge in [-0.3, -0.25) is 19.3 Å². The summed E-state index contributed by atoms with van der Waals surface area (Å²) in [5, 5.41) is 3.10. The highest BCUT2D eigenvalue weighted by molar-refractivity contribution is 6.32. The number of amides is 3. The summed E-state index contributed by atoms with van der Waals surface area (Å²) in [7, 11) is 2.94. The molecular formula is C20H19ClN2O5. The number of rotatable bonds is 7. The number of imide groups is 1. The van der Waals surface area contributed by atoms with Gasteiger partial charge in [0.1, 0.15) is 11.5 Å². The first kappa shape index (κ1) is 19.7.